The average Bonchev–Trinajstić information content (AvgIpc) is 1.88. The van der Waals surface area contributed by atoms with Gasteiger partial charge in [0.2, 0.25) is 5.91 Å². The fourth-order valence-corrected chi connectivity index (χ4v) is 1.19. The summed E-state index contributed by atoms with van der Waals surface area (Å²) in [5, 5.41) is 2.86. The number of hydrogen-bond donors (Lipinski definition) is 1. The molecule has 0 saturated carbocycles. The van der Waals surface area contributed by atoms with Crippen LogP contribution in [0.3, 0.4) is 0 Å². The lowest BCUT2D eigenvalue weighted by molar-refractivity contribution is -0.119. The minimum absolute atomic E-state index is 0.0663. The second kappa shape index (κ2) is 3.40. The molecule has 1 aliphatic rings. The van der Waals surface area contributed by atoms with E-state index in [2.05, 4.69) is 17.5 Å². The summed E-state index contributed by atoms with van der Waals surface area (Å²) in [5.74, 6) is 0.0663. The van der Waals surface area contributed by atoms with E-state index >= 15 is 0 Å². The van der Waals surface area contributed by atoms with Crippen LogP contribution in [0.2, 0.25) is 0 Å². The molecule has 0 heterocycles. The van der Waals surface area contributed by atoms with Crippen LogP contribution >= 0.6 is 0 Å². The number of amides is 1. The van der Waals surface area contributed by atoms with E-state index in [0.29, 0.717) is 6.04 Å². The molecule has 2 nitrogen and oxygen atoms in total. The Bertz CT molecular complexity index is 151. The zero-order valence-corrected chi connectivity index (χ0v) is 6.26. The highest BCUT2D eigenvalue weighted by Crippen LogP contribution is 2.09. The van der Waals surface area contributed by atoms with Gasteiger partial charge in [0.05, 0.1) is 0 Å². The minimum Gasteiger partial charge on any atom is -0.350 e. The molecule has 1 atom stereocenters. The maximum atomic E-state index is 10.6. The molecular formula is C8H13NO. The number of carbonyl (C=O) groups is 1. The standard InChI is InChI=1S/C8H13NO/c1-7(10)9-8-5-3-2-4-6-8/h3,5,8H,2,4,6H2,1H3,(H,9,10)/t8-/m0/s1. The van der Waals surface area contributed by atoms with Gasteiger partial charge in [-0.25, -0.2) is 0 Å². The van der Waals surface area contributed by atoms with Gasteiger partial charge in [-0.1, -0.05) is 12.2 Å². The van der Waals surface area contributed by atoms with E-state index in [1.807, 2.05) is 0 Å². The van der Waals surface area contributed by atoms with Crippen LogP contribution in [0.1, 0.15) is 26.2 Å². The molecule has 1 amide bonds. The minimum atomic E-state index is 0.0663. The van der Waals surface area contributed by atoms with Crippen LogP contribution in [0.4, 0.5) is 0 Å². The molecule has 0 bridgehead atoms. The van der Waals surface area contributed by atoms with Gasteiger partial charge in [-0.2, -0.15) is 0 Å². The molecule has 0 saturated heterocycles. The number of hydrogen-bond acceptors (Lipinski definition) is 1. The molecule has 0 fully saturated rings. The second-order valence-corrected chi connectivity index (χ2v) is 2.67. The number of allylic oxidation sites excluding steroid dienone is 1. The molecule has 0 aromatic carbocycles. The maximum absolute atomic E-state index is 10.6. The Labute approximate surface area is 61.3 Å². The highest BCUT2D eigenvalue weighted by molar-refractivity contribution is 5.73. The van der Waals surface area contributed by atoms with Crippen molar-refractivity contribution in [3.63, 3.8) is 0 Å². The summed E-state index contributed by atoms with van der Waals surface area (Å²) in [5.41, 5.74) is 0. The van der Waals surface area contributed by atoms with Crippen LogP contribution < -0.4 is 5.32 Å². The third-order valence-electron chi connectivity index (χ3n) is 1.64. The van der Waals surface area contributed by atoms with Gasteiger partial charge in [0.25, 0.3) is 0 Å². The number of nitrogens with one attached hydrogen (secondary N) is 1. The monoisotopic (exact) mass is 139 g/mol. The molecule has 0 aromatic rings. The SMILES string of the molecule is CC(=O)N[C@H]1C=CCCC1. The maximum Gasteiger partial charge on any atom is 0.217 e. The van der Waals surface area contributed by atoms with Gasteiger partial charge in [0, 0.05) is 13.0 Å². The van der Waals surface area contributed by atoms with Gasteiger partial charge < -0.3 is 5.32 Å². The Balaban J connectivity index is 2.33. The van der Waals surface area contributed by atoms with Gasteiger partial charge in [-0.15, -0.1) is 0 Å². The fourth-order valence-electron chi connectivity index (χ4n) is 1.19. The first kappa shape index (κ1) is 7.32. The van der Waals surface area contributed by atoms with Gasteiger partial charge in [0.15, 0.2) is 0 Å². The van der Waals surface area contributed by atoms with E-state index in [4.69, 9.17) is 0 Å². The Kier molecular flexibility index (Phi) is 2.49. The molecule has 1 rings (SSSR count). The van der Waals surface area contributed by atoms with Gasteiger partial charge in [-0.3, -0.25) is 4.79 Å². The summed E-state index contributed by atoms with van der Waals surface area (Å²) < 4.78 is 0. The summed E-state index contributed by atoms with van der Waals surface area (Å²) in [6, 6.07) is 0.297. The summed E-state index contributed by atoms with van der Waals surface area (Å²) in [6.45, 7) is 1.56. The lowest BCUT2D eigenvalue weighted by atomic mass is 10.0. The van der Waals surface area contributed by atoms with E-state index in [1.54, 1.807) is 6.92 Å². The predicted molar refractivity (Wildman–Crippen MR) is 40.6 cm³/mol. The molecule has 0 radical (unpaired) electrons. The Morgan fingerprint density at radius 2 is 2.50 bits per heavy atom. The smallest absolute Gasteiger partial charge is 0.217 e. The van der Waals surface area contributed by atoms with Crippen molar-refractivity contribution in [1.29, 1.82) is 0 Å². The van der Waals surface area contributed by atoms with Crippen LogP contribution in [0, 0.1) is 0 Å². The van der Waals surface area contributed by atoms with Crippen LogP contribution in [-0.4, -0.2) is 11.9 Å². The molecular weight excluding hydrogens is 126 g/mol. The van der Waals surface area contributed by atoms with Gasteiger partial charge >= 0.3 is 0 Å². The summed E-state index contributed by atoms with van der Waals surface area (Å²) >= 11 is 0. The predicted octanol–water partition coefficient (Wildman–Crippen LogP) is 1.23. The quantitative estimate of drug-likeness (QED) is 0.544. The van der Waals surface area contributed by atoms with Gasteiger partial charge in [-0.05, 0) is 19.3 Å². The van der Waals surface area contributed by atoms with Crippen LogP contribution in [0.25, 0.3) is 0 Å². The summed E-state index contributed by atoms with van der Waals surface area (Å²) in [6.07, 6.45) is 7.66. The van der Waals surface area contributed by atoms with Crippen molar-refractivity contribution < 1.29 is 4.79 Å². The van der Waals surface area contributed by atoms with Crippen LogP contribution in [-0.2, 0) is 4.79 Å². The van der Waals surface area contributed by atoms with Crippen LogP contribution in [0.15, 0.2) is 12.2 Å². The Hall–Kier alpha value is -0.790. The highest BCUT2D eigenvalue weighted by atomic mass is 16.1. The summed E-state index contributed by atoms with van der Waals surface area (Å²) in [7, 11) is 0. The van der Waals surface area contributed by atoms with Crippen molar-refractivity contribution in [1.82, 2.24) is 5.32 Å². The molecule has 56 valence electrons. The van der Waals surface area contributed by atoms with Crippen molar-refractivity contribution in [3.8, 4) is 0 Å². The van der Waals surface area contributed by atoms with E-state index < -0.39 is 0 Å². The van der Waals surface area contributed by atoms with Crippen molar-refractivity contribution in [2.45, 2.75) is 32.2 Å². The molecule has 0 spiro atoms. The van der Waals surface area contributed by atoms with Gasteiger partial charge in [0.1, 0.15) is 0 Å². The third-order valence-corrected chi connectivity index (χ3v) is 1.64. The first-order valence-electron chi connectivity index (χ1n) is 3.73. The largest absolute Gasteiger partial charge is 0.350 e. The zero-order valence-electron chi connectivity index (χ0n) is 6.26. The van der Waals surface area contributed by atoms with E-state index in [9.17, 15) is 4.79 Å². The molecule has 0 aromatic heterocycles. The second-order valence-electron chi connectivity index (χ2n) is 2.67. The Morgan fingerprint density at radius 1 is 1.70 bits per heavy atom. The van der Waals surface area contributed by atoms with E-state index in [1.165, 1.54) is 6.42 Å². The summed E-state index contributed by atoms with van der Waals surface area (Å²) in [4.78, 5) is 10.6. The van der Waals surface area contributed by atoms with Crippen molar-refractivity contribution in [3.05, 3.63) is 12.2 Å². The topological polar surface area (TPSA) is 29.1 Å². The molecule has 1 N–H and O–H groups in total. The van der Waals surface area contributed by atoms with Crippen molar-refractivity contribution >= 4 is 5.91 Å². The van der Waals surface area contributed by atoms with Crippen LogP contribution in [0.5, 0.6) is 0 Å². The number of rotatable bonds is 1. The third kappa shape index (κ3) is 2.21. The zero-order chi connectivity index (χ0) is 7.40. The lowest BCUT2D eigenvalue weighted by Crippen LogP contribution is -2.32. The first-order valence-corrected chi connectivity index (χ1v) is 3.73. The molecule has 10 heavy (non-hydrogen) atoms. The molecule has 1 aliphatic carbocycles. The molecule has 2 heteroatoms. The fraction of sp³-hybridized carbons (Fsp3) is 0.625. The number of carbonyl (C=O) groups excluding carboxylic acids is 1. The Morgan fingerprint density at radius 3 is 3.00 bits per heavy atom. The van der Waals surface area contributed by atoms with E-state index in [0.717, 1.165) is 12.8 Å². The normalized spacial score (nSPS) is 24.3. The first-order chi connectivity index (χ1) is 4.79. The van der Waals surface area contributed by atoms with Crippen molar-refractivity contribution in [2.24, 2.45) is 0 Å². The van der Waals surface area contributed by atoms with E-state index in [-0.39, 0.29) is 5.91 Å². The molecule has 0 unspecified atom stereocenters. The average molecular weight is 139 g/mol. The van der Waals surface area contributed by atoms with Crippen molar-refractivity contribution in [2.75, 3.05) is 0 Å². The lowest BCUT2D eigenvalue weighted by Gasteiger charge is -2.16. The highest BCUT2D eigenvalue weighted by Gasteiger charge is 2.07. The molecule has 0 aliphatic heterocycles.